The topological polar surface area (TPSA) is 17.1 Å². The minimum atomic E-state index is -0.149. The monoisotopic (exact) mass is 302 g/mol. The van der Waals surface area contributed by atoms with Crippen molar-refractivity contribution in [1.82, 2.24) is 0 Å². The predicted molar refractivity (Wildman–Crippen MR) is 77.7 cm³/mol. The molecular formula is C16H15BrO. The van der Waals surface area contributed by atoms with Gasteiger partial charge < -0.3 is 0 Å². The molecule has 2 rings (SSSR count). The molecule has 1 atom stereocenters. The third-order valence-electron chi connectivity index (χ3n) is 3.01. The number of hydrogen-bond acceptors (Lipinski definition) is 1. The summed E-state index contributed by atoms with van der Waals surface area (Å²) in [6, 6.07) is 17.9. The minimum Gasteiger partial charge on any atom is -0.299 e. The molecule has 0 aromatic heterocycles. The molecular weight excluding hydrogens is 288 g/mol. The standard InChI is InChI=1S/C16H15BrO/c1-2-15(18)16(12-6-4-3-5-7-12)13-8-10-14(17)11-9-13/h3-11,16H,2H2,1H3. The smallest absolute Gasteiger partial charge is 0.144 e. The fourth-order valence-electron chi connectivity index (χ4n) is 2.07. The average molecular weight is 303 g/mol. The third kappa shape index (κ3) is 2.88. The van der Waals surface area contributed by atoms with E-state index < -0.39 is 0 Å². The molecule has 0 fully saturated rings. The van der Waals surface area contributed by atoms with Gasteiger partial charge in [0.15, 0.2) is 0 Å². The molecule has 2 heteroatoms. The van der Waals surface area contributed by atoms with E-state index in [0.717, 1.165) is 15.6 Å². The lowest BCUT2D eigenvalue weighted by atomic mass is 9.87. The van der Waals surface area contributed by atoms with Gasteiger partial charge in [0.1, 0.15) is 5.78 Å². The Morgan fingerprint density at radius 1 is 1.00 bits per heavy atom. The van der Waals surface area contributed by atoms with Gasteiger partial charge in [-0.15, -0.1) is 0 Å². The van der Waals surface area contributed by atoms with Gasteiger partial charge >= 0.3 is 0 Å². The number of carbonyl (C=O) groups excluding carboxylic acids is 1. The van der Waals surface area contributed by atoms with Crippen LogP contribution in [0, 0.1) is 0 Å². The van der Waals surface area contributed by atoms with E-state index in [2.05, 4.69) is 15.9 Å². The van der Waals surface area contributed by atoms with Crippen molar-refractivity contribution in [2.45, 2.75) is 19.3 Å². The first-order valence-electron chi connectivity index (χ1n) is 6.05. The fourth-order valence-corrected chi connectivity index (χ4v) is 2.33. The summed E-state index contributed by atoms with van der Waals surface area (Å²) in [6.07, 6.45) is 0.551. The van der Waals surface area contributed by atoms with Crippen molar-refractivity contribution in [3.8, 4) is 0 Å². The molecule has 0 aliphatic rings. The van der Waals surface area contributed by atoms with Crippen LogP contribution in [0.4, 0.5) is 0 Å². The third-order valence-corrected chi connectivity index (χ3v) is 3.54. The molecule has 1 unspecified atom stereocenters. The molecule has 2 aromatic rings. The first kappa shape index (κ1) is 13.0. The number of hydrogen-bond donors (Lipinski definition) is 0. The highest BCUT2D eigenvalue weighted by Crippen LogP contribution is 2.27. The molecule has 18 heavy (non-hydrogen) atoms. The number of halogens is 1. The molecule has 0 saturated heterocycles. The summed E-state index contributed by atoms with van der Waals surface area (Å²) in [7, 11) is 0. The van der Waals surface area contributed by atoms with Gasteiger partial charge in [0.25, 0.3) is 0 Å². The van der Waals surface area contributed by atoms with Gasteiger partial charge in [-0.3, -0.25) is 4.79 Å². The fraction of sp³-hybridized carbons (Fsp3) is 0.188. The highest BCUT2D eigenvalue weighted by molar-refractivity contribution is 9.10. The van der Waals surface area contributed by atoms with Crippen molar-refractivity contribution >= 4 is 21.7 Å². The van der Waals surface area contributed by atoms with Crippen LogP contribution < -0.4 is 0 Å². The van der Waals surface area contributed by atoms with Crippen LogP contribution in [-0.2, 0) is 4.79 Å². The van der Waals surface area contributed by atoms with Crippen molar-refractivity contribution in [2.75, 3.05) is 0 Å². The first-order valence-corrected chi connectivity index (χ1v) is 6.84. The average Bonchev–Trinajstić information content (AvgIpc) is 2.42. The van der Waals surface area contributed by atoms with Gasteiger partial charge in [0.2, 0.25) is 0 Å². The number of carbonyl (C=O) groups is 1. The number of rotatable bonds is 4. The van der Waals surface area contributed by atoms with Crippen molar-refractivity contribution in [2.24, 2.45) is 0 Å². The second-order valence-corrected chi connectivity index (χ2v) is 5.13. The largest absolute Gasteiger partial charge is 0.299 e. The highest BCUT2D eigenvalue weighted by atomic mass is 79.9. The Labute approximate surface area is 116 Å². The zero-order chi connectivity index (χ0) is 13.0. The molecule has 0 amide bonds. The Bertz CT molecular complexity index is 517. The maximum Gasteiger partial charge on any atom is 0.144 e. The number of benzene rings is 2. The summed E-state index contributed by atoms with van der Waals surface area (Å²) in [4.78, 5) is 12.2. The Hall–Kier alpha value is -1.41. The van der Waals surface area contributed by atoms with E-state index in [1.54, 1.807) is 0 Å². The van der Waals surface area contributed by atoms with Gasteiger partial charge in [-0.1, -0.05) is 65.3 Å². The van der Waals surface area contributed by atoms with Crippen LogP contribution in [0.3, 0.4) is 0 Å². The van der Waals surface area contributed by atoms with Crippen LogP contribution in [0.1, 0.15) is 30.4 Å². The lowest BCUT2D eigenvalue weighted by Crippen LogP contribution is -2.12. The summed E-state index contributed by atoms with van der Waals surface area (Å²) in [5.74, 6) is 0.104. The van der Waals surface area contributed by atoms with Gasteiger partial charge in [0, 0.05) is 10.9 Å². The molecule has 0 heterocycles. The summed E-state index contributed by atoms with van der Waals surface area (Å²) in [5.41, 5.74) is 2.11. The minimum absolute atomic E-state index is 0.149. The molecule has 92 valence electrons. The molecule has 0 N–H and O–H groups in total. The van der Waals surface area contributed by atoms with E-state index in [0.29, 0.717) is 6.42 Å². The van der Waals surface area contributed by atoms with E-state index in [4.69, 9.17) is 0 Å². The van der Waals surface area contributed by atoms with E-state index in [1.807, 2.05) is 61.5 Å². The van der Waals surface area contributed by atoms with Crippen molar-refractivity contribution < 1.29 is 4.79 Å². The number of ketones is 1. The summed E-state index contributed by atoms with van der Waals surface area (Å²) < 4.78 is 1.03. The van der Waals surface area contributed by atoms with Gasteiger partial charge in [-0.25, -0.2) is 0 Å². The summed E-state index contributed by atoms with van der Waals surface area (Å²) in [6.45, 7) is 1.91. The van der Waals surface area contributed by atoms with Gasteiger partial charge in [-0.05, 0) is 23.3 Å². The molecule has 0 radical (unpaired) electrons. The predicted octanol–water partition coefficient (Wildman–Crippen LogP) is 4.56. The molecule has 0 aliphatic heterocycles. The maximum atomic E-state index is 12.2. The van der Waals surface area contributed by atoms with Crippen LogP contribution >= 0.6 is 15.9 Å². The zero-order valence-electron chi connectivity index (χ0n) is 10.3. The lowest BCUT2D eigenvalue weighted by Gasteiger charge is -2.16. The molecule has 0 saturated carbocycles. The van der Waals surface area contributed by atoms with Crippen molar-refractivity contribution in [3.05, 3.63) is 70.2 Å². The van der Waals surface area contributed by atoms with Crippen LogP contribution in [0.15, 0.2) is 59.1 Å². The molecule has 1 nitrogen and oxygen atoms in total. The zero-order valence-corrected chi connectivity index (χ0v) is 11.9. The van der Waals surface area contributed by atoms with Crippen LogP contribution in [0.5, 0.6) is 0 Å². The molecule has 0 aliphatic carbocycles. The lowest BCUT2D eigenvalue weighted by molar-refractivity contribution is -0.119. The van der Waals surface area contributed by atoms with Crippen LogP contribution in [0.25, 0.3) is 0 Å². The quantitative estimate of drug-likeness (QED) is 0.809. The second-order valence-electron chi connectivity index (χ2n) is 4.22. The van der Waals surface area contributed by atoms with E-state index >= 15 is 0 Å². The van der Waals surface area contributed by atoms with E-state index in [1.165, 1.54) is 0 Å². The maximum absolute atomic E-state index is 12.2. The molecule has 0 spiro atoms. The second kappa shape index (κ2) is 5.96. The van der Waals surface area contributed by atoms with Crippen LogP contribution in [-0.4, -0.2) is 5.78 Å². The highest BCUT2D eigenvalue weighted by Gasteiger charge is 2.20. The Morgan fingerprint density at radius 2 is 1.56 bits per heavy atom. The summed E-state index contributed by atoms with van der Waals surface area (Å²) in [5, 5.41) is 0. The van der Waals surface area contributed by atoms with Crippen molar-refractivity contribution in [1.29, 1.82) is 0 Å². The Kier molecular flexibility index (Phi) is 4.32. The normalized spacial score (nSPS) is 12.1. The van der Waals surface area contributed by atoms with Crippen molar-refractivity contribution in [3.63, 3.8) is 0 Å². The summed E-state index contributed by atoms with van der Waals surface area (Å²) >= 11 is 3.42. The Morgan fingerprint density at radius 3 is 2.11 bits per heavy atom. The van der Waals surface area contributed by atoms with Crippen LogP contribution in [0.2, 0.25) is 0 Å². The molecule has 0 bridgehead atoms. The first-order chi connectivity index (χ1) is 8.72. The van der Waals surface area contributed by atoms with E-state index in [9.17, 15) is 4.79 Å². The number of Topliss-reactive ketones (excluding diaryl/α,β-unsaturated/α-hetero) is 1. The van der Waals surface area contributed by atoms with E-state index in [-0.39, 0.29) is 11.7 Å². The molecule has 2 aromatic carbocycles. The SMILES string of the molecule is CCC(=O)C(c1ccccc1)c1ccc(Br)cc1. The van der Waals surface area contributed by atoms with Gasteiger partial charge in [-0.2, -0.15) is 0 Å². The Balaban J connectivity index is 2.43. The van der Waals surface area contributed by atoms with Gasteiger partial charge in [0.05, 0.1) is 5.92 Å².